The van der Waals surface area contributed by atoms with Gasteiger partial charge >= 0.3 is 0 Å². The predicted molar refractivity (Wildman–Crippen MR) is 89.0 cm³/mol. The number of nitrogens with zero attached hydrogens (tertiary/aromatic N) is 2. The van der Waals surface area contributed by atoms with E-state index >= 15 is 0 Å². The Balaban J connectivity index is 1.71. The first kappa shape index (κ1) is 14.8. The highest BCUT2D eigenvalue weighted by Gasteiger charge is 2.19. The van der Waals surface area contributed by atoms with Crippen molar-refractivity contribution < 1.29 is 0 Å². The second-order valence-corrected chi connectivity index (χ2v) is 7.45. The standard InChI is InChI=1S/C17H25N3S/c1-12-10-17(21-13(12)2)16(18-3)11-14-8-9-20(19-14)15-6-4-5-7-15/h8-10,15-16,18H,4-7,11H2,1-3H3. The van der Waals surface area contributed by atoms with E-state index in [-0.39, 0.29) is 0 Å². The summed E-state index contributed by atoms with van der Waals surface area (Å²) in [4.78, 5) is 2.84. The number of rotatable bonds is 5. The van der Waals surface area contributed by atoms with Crippen LogP contribution in [0.4, 0.5) is 0 Å². The quantitative estimate of drug-likeness (QED) is 0.898. The Labute approximate surface area is 131 Å². The van der Waals surface area contributed by atoms with Gasteiger partial charge in [-0.25, -0.2) is 0 Å². The van der Waals surface area contributed by atoms with E-state index in [2.05, 4.69) is 42.2 Å². The highest BCUT2D eigenvalue weighted by molar-refractivity contribution is 7.12. The Kier molecular flexibility index (Phi) is 4.45. The van der Waals surface area contributed by atoms with E-state index in [1.54, 1.807) is 0 Å². The van der Waals surface area contributed by atoms with Crippen molar-refractivity contribution in [2.24, 2.45) is 0 Å². The minimum absolute atomic E-state index is 0.370. The predicted octanol–water partition coefficient (Wildman–Crippen LogP) is 4.18. The van der Waals surface area contributed by atoms with Crippen LogP contribution in [0.25, 0.3) is 0 Å². The SMILES string of the molecule is CNC(Cc1ccn(C2CCCC2)n1)c1cc(C)c(C)s1. The lowest BCUT2D eigenvalue weighted by Crippen LogP contribution is -2.18. The lowest BCUT2D eigenvalue weighted by atomic mass is 10.1. The third-order valence-corrected chi connectivity index (χ3v) is 5.92. The van der Waals surface area contributed by atoms with E-state index in [1.807, 2.05) is 18.4 Å². The van der Waals surface area contributed by atoms with E-state index in [4.69, 9.17) is 5.10 Å². The van der Waals surface area contributed by atoms with Crippen molar-refractivity contribution in [1.29, 1.82) is 0 Å². The average Bonchev–Trinajstić information content (AvgIpc) is 3.18. The summed E-state index contributed by atoms with van der Waals surface area (Å²) in [6, 6.07) is 5.51. The van der Waals surface area contributed by atoms with Crippen LogP contribution in [-0.2, 0) is 6.42 Å². The smallest absolute Gasteiger partial charge is 0.0644 e. The summed E-state index contributed by atoms with van der Waals surface area (Å²) in [5, 5.41) is 8.26. The van der Waals surface area contributed by atoms with E-state index < -0.39 is 0 Å². The molecular formula is C17H25N3S. The zero-order chi connectivity index (χ0) is 14.8. The van der Waals surface area contributed by atoms with Crippen LogP contribution < -0.4 is 5.32 Å². The summed E-state index contributed by atoms with van der Waals surface area (Å²) in [7, 11) is 2.04. The molecule has 2 aromatic heterocycles. The Bertz CT molecular complexity index is 573. The van der Waals surface area contributed by atoms with Crippen LogP contribution in [0.15, 0.2) is 18.3 Å². The van der Waals surface area contributed by atoms with E-state index in [0.29, 0.717) is 12.1 Å². The van der Waals surface area contributed by atoms with E-state index in [0.717, 1.165) is 6.42 Å². The molecule has 3 nitrogen and oxygen atoms in total. The van der Waals surface area contributed by atoms with Gasteiger partial charge < -0.3 is 5.32 Å². The van der Waals surface area contributed by atoms with Gasteiger partial charge in [0.15, 0.2) is 0 Å². The lowest BCUT2D eigenvalue weighted by molar-refractivity contribution is 0.459. The van der Waals surface area contributed by atoms with Crippen LogP contribution >= 0.6 is 11.3 Å². The highest BCUT2D eigenvalue weighted by atomic mass is 32.1. The van der Waals surface area contributed by atoms with Crippen molar-refractivity contribution in [3.8, 4) is 0 Å². The minimum atomic E-state index is 0.370. The molecule has 0 aliphatic heterocycles. The van der Waals surface area contributed by atoms with Gasteiger partial charge in [0.1, 0.15) is 0 Å². The number of aromatic nitrogens is 2. The molecule has 1 aliphatic carbocycles. The Morgan fingerprint density at radius 3 is 2.76 bits per heavy atom. The van der Waals surface area contributed by atoms with Gasteiger partial charge in [0.2, 0.25) is 0 Å². The molecule has 0 spiro atoms. The number of nitrogens with one attached hydrogen (secondary N) is 1. The molecule has 114 valence electrons. The summed E-state index contributed by atoms with van der Waals surface area (Å²) >= 11 is 1.90. The van der Waals surface area contributed by atoms with Crippen LogP contribution in [0.2, 0.25) is 0 Å². The van der Waals surface area contributed by atoms with Crippen LogP contribution in [0.5, 0.6) is 0 Å². The van der Waals surface area contributed by atoms with Crippen molar-refractivity contribution in [3.63, 3.8) is 0 Å². The Morgan fingerprint density at radius 2 is 2.14 bits per heavy atom. The molecule has 4 heteroatoms. The topological polar surface area (TPSA) is 29.9 Å². The maximum absolute atomic E-state index is 4.82. The average molecular weight is 303 g/mol. The summed E-state index contributed by atoms with van der Waals surface area (Å²) in [5.74, 6) is 0. The first-order valence-corrected chi connectivity index (χ1v) is 8.77. The number of hydrogen-bond acceptors (Lipinski definition) is 3. The van der Waals surface area contributed by atoms with Gasteiger partial charge in [0.05, 0.1) is 11.7 Å². The number of hydrogen-bond donors (Lipinski definition) is 1. The molecule has 1 unspecified atom stereocenters. The normalized spacial score (nSPS) is 17.5. The van der Waals surface area contributed by atoms with E-state index in [1.165, 1.54) is 46.7 Å². The summed E-state index contributed by atoms with van der Waals surface area (Å²) in [6.45, 7) is 4.39. The Morgan fingerprint density at radius 1 is 1.38 bits per heavy atom. The molecule has 3 rings (SSSR count). The summed E-state index contributed by atoms with van der Waals surface area (Å²) in [5.41, 5.74) is 2.59. The number of likely N-dealkylation sites (N-methyl/N-ethyl adjacent to an activating group) is 1. The first-order chi connectivity index (χ1) is 10.2. The first-order valence-electron chi connectivity index (χ1n) is 7.95. The third-order valence-electron chi connectivity index (χ3n) is 4.65. The third kappa shape index (κ3) is 3.22. The largest absolute Gasteiger partial charge is 0.312 e. The van der Waals surface area contributed by atoms with Crippen LogP contribution in [0.1, 0.15) is 58.8 Å². The summed E-state index contributed by atoms with van der Waals surface area (Å²) in [6.07, 6.45) is 8.43. The number of aryl methyl sites for hydroxylation is 2. The summed E-state index contributed by atoms with van der Waals surface area (Å²) < 4.78 is 2.19. The highest BCUT2D eigenvalue weighted by Crippen LogP contribution is 2.30. The van der Waals surface area contributed by atoms with Crippen molar-refractivity contribution in [1.82, 2.24) is 15.1 Å². The molecule has 0 amide bonds. The van der Waals surface area contributed by atoms with Gasteiger partial charge in [0, 0.05) is 28.4 Å². The van der Waals surface area contributed by atoms with Gasteiger partial charge in [-0.3, -0.25) is 4.68 Å². The van der Waals surface area contributed by atoms with Gasteiger partial charge in [-0.1, -0.05) is 12.8 Å². The molecule has 1 saturated carbocycles. The van der Waals surface area contributed by atoms with Gasteiger partial charge in [-0.2, -0.15) is 5.10 Å². The lowest BCUT2D eigenvalue weighted by Gasteiger charge is -2.13. The van der Waals surface area contributed by atoms with Gasteiger partial charge in [-0.05, 0) is 51.4 Å². The second-order valence-electron chi connectivity index (χ2n) is 6.16. The second kappa shape index (κ2) is 6.32. The molecule has 1 atom stereocenters. The molecule has 0 saturated heterocycles. The number of thiophene rings is 1. The molecule has 21 heavy (non-hydrogen) atoms. The van der Waals surface area contributed by atoms with E-state index in [9.17, 15) is 0 Å². The monoisotopic (exact) mass is 303 g/mol. The van der Waals surface area contributed by atoms with Crippen LogP contribution in [0.3, 0.4) is 0 Å². The fourth-order valence-electron chi connectivity index (χ4n) is 3.19. The maximum atomic E-state index is 4.82. The van der Waals surface area contributed by atoms with Crippen LogP contribution in [-0.4, -0.2) is 16.8 Å². The molecule has 0 radical (unpaired) electrons. The van der Waals surface area contributed by atoms with Crippen molar-refractivity contribution in [2.45, 2.75) is 58.0 Å². The van der Waals surface area contributed by atoms with Gasteiger partial charge in [-0.15, -0.1) is 11.3 Å². The molecular weight excluding hydrogens is 278 g/mol. The minimum Gasteiger partial charge on any atom is -0.312 e. The zero-order valence-electron chi connectivity index (χ0n) is 13.2. The fraction of sp³-hybridized carbons (Fsp3) is 0.588. The molecule has 2 heterocycles. The van der Waals surface area contributed by atoms with Crippen molar-refractivity contribution in [2.75, 3.05) is 7.05 Å². The fourth-order valence-corrected chi connectivity index (χ4v) is 4.34. The molecule has 2 aromatic rings. The molecule has 0 bridgehead atoms. The van der Waals surface area contributed by atoms with Gasteiger partial charge in [0.25, 0.3) is 0 Å². The van der Waals surface area contributed by atoms with Crippen LogP contribution in [0, 0.1) is 13.8 Å². The zero-order valence-corrected chi connectivity index (χ0v) is 14.0. The Hall–Kier alpha value is -1.13. The van der Waals surface area contributed by atoms with Crippen molar-refractivity contribution in [3.05, 3.63) is 39.3 Å². The molecule has 1 fully saturated rings. The molecule has 1 N–H and O–H groups in total. The molecule has 0 aromatic carbocycles. The molecule has 1 aliphatic rings. The van der Waals surface area contributed by atoms with Crippen molar-refractivity contribution >= 4 is 11.3 Å². The maximum Gasteiger partial charge on any atom is 0.0644 e.